The van der Waals surface area contributed by atoms with Crippen LogP contribution in [0.25, 0.3) is 11.5 Å². The highest BCUT2D eigenvalue weighted by molar-refractivity contribution is 5.74. The van der Waals surface area contributed by atoms with Crippen LogP contribution in [0.1, 0.15) is 37.4 Å². The zero-order valence-electron chi connectivity index (χ0n) is 11.3. The summed E-state index contributed by atoms with van der Waals surface area (Å²) < 4.78 is 11.2. The normalized spacial score (nSPS) is 18.4. The number of benzene rings is 1. The quantitative estimate of drug-likeness (QED) is 0.908. The Hall–Kier alpha value is -2.04. The van der Waals surface area contributed by atoms with Gasteiger partial charge in [0.1, 0.15) is 6.61 Å². The molecule has 0 spiro atoms. The molecule has 0 unspecified atom stereocenters. The van der Waals surface area contributed by atoms with Gasteiger partial charge in [0, 0.05) is 12.5 Å². The van der Waals surface area contributed by atoms with Crippen LogP contribution in [0.2, 0.25) is 0 Å². The van der Waals surface area contributed by atoms with Crippen molar-refractivity contribution in [2.45, 2.75) is 31.6 Å². The average Bonchev–Trinajstić information content (AvgIpc) is 3.17. The van der Waals surface area contributed by atoms with Crippen LogP contribution in [0.5, 0.6) is 5.75 Å². The van der Waals surface area contributed by atoms with Gasteiger partial charge < -0.3 is 14.6 Å². The van der Waals surface area contributed by atoms with E-state index in [2.05, 4.69) is 15.5 Å². The van der Waals surface area contributed by atoms with E-state index in [9.17, 15) is 0 Å². The van der Waals surface area contributed by atoms with Crippen LogP contribution in [0.4, 0.5) is 5.69 Å². The van der Waals surface area contributed by atoms with Gasteiger partial charge in [-0.1, -0.05) is 24.1 Å². The van der Waals surface area contributed by atoms with Crippen molar-refractivity contribution in [3.05, 3.63) is 24.0 Å². The number of anilines is 1. The molecule has 0 saturated heterocycles. The van der Waals surface area contributed by atoms with Gasteiger partial charge in [-0.25, -0.2) is 0 Å². The lowest BCUT2D eigenvalue weighted by atomic mass is 10.1. The molecule has 1 N–H and O–H groups in total. The molecule has 20 heavy (non-hydrogen) atoms. The summed E-state index contributed by atoms with van der Waals surface area (Å²) in [4.78, 5) is 4.59. The van der Waals surface area contributed by atoms with E-state index in [0.29, 0.717) is 18.4 Å². The number of fused-ring (bicyclic) bond motifs is 1. The molecule has 1 aliphatic carbocycles. The van der Waals surface area contributed by atoms with E-state index in [4.69, 9.17) is 9.26 Å². The molecule has 2 heterocycles. The first-order valence-electron chi connectivity index (χ1n) is 7.25. The second kappa shape index (κ2) is 4.81. The van der Waals surface area contributed by atoms with Crippen LogP contribution in [-0.4, -0.2) is 23.3 Å². The summed E-state index contributed by atoms with van der Waals surface area (Å²) in [5.41, 5.74) is 1.88. The molecule has 2 aromatic rings. The third-order valence-electron chi connectivity index (χ3n) is 4.07. The number of hydrogen-bond acceptors (Lipinski definition) is 5. The fraction of sp³-hybridized carbons (Fsp3) is 0.467. The number of hydrogen-bond donors (Lipinski definition) is 1. The summed E-state index contributed by atoms with van der Waals surface area (Å²) in [5.74, 6) is 2.69. The van der Waals surface area contributed by atoms with Gasteiger partial charge in [-0.05, 0) is 25.0 Å². The zero-order chi connectivity index (χ0) is 13.4. The zero-order valence-corrected chi connectivity index (χ0v) is 11.3. The van der Waals surface area contributed by atoms with E-state index in [1.54, 1.807) is 0 Å². The molecule has 1 saturated carbocycles. The Morgan fingerprint density at radius 1 is 1.20 bits per heavy atom. The van der Waals surface area contributed by atoms with Crippen molar-refractivity contribution in [3.63, 3.8) is 0 Å². The minimum absolute atomic E-state index is 0.464. The Morgan fingerprint density at radius 3 is 3.00 bits per heavy atom. The Bertz CT molecular complexity index is 617. The molecule has 1 aromatic carbocycles. The number of nitrogens with zero attached hydrogens (tertiary/aromatic N) is 2. The minimum Gasteiger partial charge on any atom is -0.489 e. The van der Waals surface area contributed by atoms with Gasteiger partial charge in [0.25, 0.3) is 5.89 Å². The first-order chi connectivity index (χ1) is 9.92. The van der Waals surface area contributed by atoms with E-state index in [1.807, 2.05) is 18.2 Å². The Morgan fingerprint density at radius 2 is 2.10 bits per heavy atom. The maximum Gasteiger partial charge on any atom is 0.261 e. The van der Waals surface area contributed by atoms with Crippen LogP contribution in [0, 0.1) is 0 Å². The molecule has 5 nitrogen and oxygen atoms in total. The monoisotopic (exact) mass is 271 g/mol. The fourth-order valence-corrected chi connectivity index (χ4v) is 3.03. The molecule has 1 aromatic heterocycles. The highest BCUT2D eigenvalue weighted by atomic mass is 16.5. The van der Waals surface area contributed by atoms with Crippen LogP contribution >= 0.6 is 0 Å². The molecule has 2 aliphatic rings. The second-order valence-corrected chi connectivity index (χ2v) is 5.40. The first kappa shape index (κ1) is 11.8. The second-order valence-electron chi connectivity index (χ2n) is 5.40. The molecule has 5 heteroatoms. The smallest absolute Gasteiger partial charge is 0.261 e. The van der Waals surface area contributed by atoms with Crippen molar-refractivity contribution in [1.82, 2.24) is 10.1 Å². The molecule has 0 radical (unpaired) electrons. The molecular weight excluding hydrogens is 254 g/mol. The van der Waals surface area contributed by atoms with Crippen molar-refractivity contribution in [3.8, 4) is 17.2 Å². The topological polar surface area (TPSA) is 60.2 Å². The van der Waals surface area contributed by atoms with E-state index in [-0.39, 0.29) is 0 Å². The average molecular weight is 271 g/mol. The van der Waals surface area contributed by atoms with Crippen LogP contribution in [-0.2, 0) is 0 Å². The number of nitrogens with one attached hydrogen (secondary N) is 1. The molecule has 0 amide bonds. The number of ether oxygens (including phenoxy) is 1. The van der Waals surface area contributed by atoms with Gasteiger partial charge in [-0.2, -0.15) is 4.98 Å². The van der Waals surface area contributed by atoms with E-state index in [0.717, 1.165) is 29.4 Å². The SMILES string of the molecule is c1cc2c(c(-c3nc(C4CCCC4)no3)c1)OCCN2. The largest absolute Gasteiger partial charge is 0.489 e. The van der Waals surface area contributed by atoms with Crippen molar-refractivity contribution < 1.29 is 9.26 Å². The van der Waals surface area contributed by atoms with Gasteiger partial charge in [0.15, 0.2) is 11.6 Å². The van der Waals surface area contributed by atoms with Crippen LogP contribution in [0.3, 0.4) is 0 Å². The number of aromatic nitrogens is 2. The predicted octanol–water partition coefficient (Wildman–Crippen LogP) is 3.20. The third-order valence-corrected chi connectivity index (χ3v) is 4.07. The Labute approximate surface area is 117 Å². The van der Waals surface area contributed by atoms with Gasteiger partial charge in [-0.15, -0.1) is 0 Å². The van der Waals surface area contributed by atoms with Crippen molar-refractivity contribution in [2.24, 2.45) is 0 Å². The minimum atomic E-state index is 0.464. The summed E-state index contributed by atoms with van der Waals surface area (Å²) in [6.45, 7) is 1.49. The van der Waals surface area contributed by atoms with Crippen LogP contribution < -0.4 is 10.1 Å². The molecule has 1 fully saturated rings. The lowest BCUT2D eigenvalue weighted by Gasteiger charge is -2.20. The maximum absolute atomic E-state index is 5.75. The van der Waals surface area contributed by atoms with E-state index in [1.165, 1.54) is 25.7 Å². The predicted molar refractivity (Wildman–Crippen MR) is 74.9 cm³/mol. The molecule has 0 bridgehead atoms. The lowest BCUT2D eigenvalue weighted by molar-refractivity contribution is 0.322. The number of rotatable bonds is 2. The van der Waals surface area contributed by atoms with Crippen molar-refractivity contribution in [2.75, 3.05) is 18.5 Å². The van der Waals surface area contributed by atoms with E-state index >= 15 is 0 Å². The summed E-state index contributed by atoms with van der Waals surface area (Å²) in [5, 5.41) is 7.48. The van der Waals surface area contributed by atoms with Gasteiger partial charge in [0.2, 0.25) is 0 Å². The summed E-state index contributed by atoms with van der Waals surface area (Å²) in [6.07, 6.45) is 4.87. The highest BCUT2D eigenvalue weighted by Crippen LogP contribution is 2.39. The Kier molecular flexibility index (Phi) is 2.83. The summed E-state index contributed by atoms with van der Waals surface area (Å²) >= 11 is 0. The molecule has 1 aliphatic heterocycles. The van der Waals surface area contributed by atoms with E-state index < -0.39 is 0 Å². The third kappa shape index (κ3) is 1.94. The van der Waals surface area contributed by atoms with Crippen molar-refractivity contribution in [1.29, 1.82) is 0 Å². The first-order valence-corrected chi connectivity index (χ1v) is 7.25. The maximum atomic E-state index is 5.75. The van der Waals surface area contributed by atoms with Crippen molar-refractivity contribution >= 4 is 5.69 Å². The summed E-state index contributed by atoms with van der Waals surface area (Å²) in [7, 11) is 0. The van der Waals surface area contributed by atoms with Gasteiger partial charge in [-0.3, -0.25) is 0 Å². The molecule has 0 atom stereocenters. The lowest BCUT2D eigenvalue weighted by Crippen LogP contribution is -2.18. The van der Waals surface area contributed by atoms with Gasteiger partial charge in [0.05, 0.1) is 11.3 Å². The van der Waals surface area contributed by atoms with Gasteiger partial charge >= 0.3 is 0 Å². The molecular formula is C15H17N3O2. The number of para-hydroxylation sites is 1. The molecule has 4 rings (SSSR count). The molecule has 104 valence electrons. The van der Waals surface area contributed by atoms with Crippen LogP contribution in [0.15, 0.2) is 22.7 Å². The Balaban J connectivity index is 1.70. The summed E-state index contributed by atoms with van der Waals surface area (Å²) in [6, 6.07) is 5.96. The highest BCUT2D eigenvalue weighted by Gasteiger charge is 2.24. The standard InChI is InChI=1S/C15H17N3O2/c1-2-5-10(4-1)14-17-15(20-18-14)11-6-3-7-12-13(11)19-9-8-16-12/h3,6-7,10,16H,1-2,4-5,8-9H2. The fourth-order valence-electron chi connectivity index (χ4n) is 3.03.